The zero-order valence-electron chi connectivity index (χ0n) is 19.0. The number of aromatic nitrogens is 2. The third-order valence-corrected chi connectivity index (χ3v) is 6.07. The maximum Gasteiger partial charge on any atom is 0.231 e. The van der Waals surface area contributed by atoms with Crippen LogP contribution >= 0.6 is 0 Å². The zero-order chi connectivity index (χ0) is 22.5. The summed E-state index contributed by atoms with van der Waals surface area (Å²) in [6.07, 6.45) is 3.79. The number of hydrogen-bond donors (Lipinski definition) is 1. The molecule has 0 saturated carbocycles. The van der Waals surface area contributed by atoms with Crippen LogP contribution in [0.25, 0.3) is 0 Å². The second-order valence-corrected chi connectivity index (χ2v) is 8.38. The summed E-state index contributed by atoms with van der Waals surface area (Å²) >= 11 is 0. The molecular weight excluding hydrogens is 416 g/mol. The smallest absolute Gasteiger partial charge is 0.231 e. The summed E-state index contributed by atoms with van der Waals surface area (Å²) in [6.45, 7) is 6.64. The van der Waals surface area contributed by atoms with Gasteiger partial charge in [0.2, 0.25) is 6.79 Å². The molecular formula is C25H30N6O2. The summed E-state index contributed by atoms with van der Waals surface area (Å²) in [7, 11) is 1.86. The van der Waals surface area contributed by atoms with Gasteiger partial charge in [0.05, 0.1) is 6.54 Å². The van der Waals surface area contributed by atoms with Crippen molar-refractivity contribution in [3.63, 3.8) is 0 Å². The van der Waals surface area contributed by atoms with Crippen LogP contribution in [-0.2, 0) is 19.6 Å². The molecule has 0 amide bonds. The van der Waals surface area contributed by atoms with E-state index in [0.29, 0.717) is 6.79 Å². The number of guanidine groups is 1. The lowest BCUT2D eigenvalue weighted by molar-refractivity contribution is 0.171. The van der Waals surface area contributed by atoms with Crippen molar-refractivity contribution in [3.8, 4) is 11.5 Å². The van der Waals surface area contributed by atoms with Crippen LogP contribution in [-0.4, -0.2) is 65.6 Å². The van der Waals surface area contributed by atoms with Gasteiger partial charge in [-0.1, -0.05) is 30.3 Å². The minimum Gasteiger partial charge on any atom is -0.454 e. The Morgan fingerprint density at radius 1 is 0.939 bits per heavy atom. The van der Waals surface area contributed by atoms with Crippen molar-refractivity contribution in [1.82, 2.24) is 24.9 Å². The first-order valence-corrected chi connectivity index (χ1v) is 11.4. The number of rotatable bonds is 6. The number of benzene rings is 2. The van der Waals surface area contributed by atoms with Crippen LogP contribution in [0, 0.1) is 0 Å². The van der Waals surface area contributed by atoms with Crippen molar-refractivity contribution >= 4 is 5.96 Å². The molecule has 0 radical (unpaired) electrons. The average Bonchev–Trinajstić information content (AvgIpc) is 3.52. The molecule has 3 aromatic rings. The summed E-state index contributed by atoms with van der Waals surface area (Å²) in [5, 5.41) is 7.84. The molecule has 172 valence electrons. The number of aliphatic imine (C=N–C) groups is 1. The normalized spacial score (nSPS) is 16.3. The largest absolute Gasteiger partial charge is 0.454 e. The van der Waals surface area contributed by atoms with E-state index < -0.39 is 0 Å². The number of piperazine rings is 1. The highest BCUT2D eigenvalue weighted by atomic mass is 16.7. The number of nitrogens with one attached hydrogen (secondary N) is 1. The molecule has 0 spiro atoms. The number of nitrogens with zero attached hydrogens (tertiary/aromatic N) is 5. The summed E-state index contributed by atoms with van der Waals surface area (Å²) < 4.78 is 12.9. The number of fused-ring (bicyclic) bond motifs is 1. The van der Waals surface area contributed by atoms with Gasteiger partial charge in [-0.3, -0.25) is 14.6 Å². The molecule has 0 bridgehead atoms. The second kappa shape index (κ2) is 9.95. The van der Waals surface area contributed by atoms with Gasteiger partial charge in [0.15, 0.2) is 17.5 Å². The van der Waals surface area contributed by atoms with Crippen molar-refractivity contribution < 1.29 is 9.47 Å². The zero-order valence-corrected chi connectivity index (χ0v) is 19.0. The summed E-state index contributed by atoms with van der Waals surface area (Å²) in [4.78, 5) is 9.34. The highest BCUT2D eigenvalue weighted by Crippen LogP contribution is 2.32. The van der Waals surface area contributed by atoms with Crippen molar-refractivity contribution in [2.45, 2.75) is 19.6 Å². The van der Waals surface area contributed by atoms with E-state index in [1.165, 1.54) is 16.7 Å². The Morgan fingerprint density at radius 2 is 1.76 bits per heavy atom. The van der Waals surface area contributed by atoms with Gasteiger partial charge >= 0.3 is 0 Å². The molecule has 0 atom stereocenters. The standard InChI is InChI=1S/C25H30N6O2/c1-26-25(27-16-20-4-2-5-21(14-20)18-31-9-3-8-28-31)30-12-10-29(11-13-30)17-22-6-7-23-24(15-22)33-19-32-23/h2-9,14-15H,10-13,16-19H2,1H3,(H,26,27). The van der Waals surface area contributed by atoms with Gasteiger partial charge in [-0.15, -0.1) is 0 Å². The van der Waals surface area contributed by atoms with Gasteiger partial charge < -0.3 is 19.7 Å². The van der Waals surface area contributed by atoms with Crippen LogP contribution < -0.4 is 14.8 Å². The first kappa shape index (κ1) is 21.3. The van der Waals surface area contributed by atoms with Crippen molar-refractivity contribution in [2.75, 3.05) is 40.0 Å². The Bertz CT molecular complexity index is 1090. The van der Waals surface area contributed by atoms with E-state index in [0.717, 1.165) is 63.3 Å². The lowest BCUT2D eigenvalue weighted by Gasteiger charge is -2.36. The highest BCUT2D eigenvalue weighted by molar-refractivity contribution is 5.80. The van der Waals surface area contributed by atoms with Crippen LogP contribution in [0.1, 0.15) is 16.7 Å². The van der Waals surface area contributed by atoms with Crippen LogP contribution in [0.5, 0.6) is 11.5 Å². The van der Waals surface area contributed by atoms with Crippen molar-refractivity contribution in [2.24, 2.45) is 4.99 Å². The molecule has 2 aliphatic heterocycles. The fraction of sp³-hybridized carbons (Fsp3) is 0.360. The third-order valence-electron chi connectivity index (χ3n) is 6.07. The minimum atomic E-state index is 0.318. The van der Waals surface area contributed by atoms with Crippen LogP contribution in [0.15, 0.2) is 65.9 Å². The monoisotopic (exact) mass is 446 g/mol. The van der Waals surface area contributed by atoms with Crippen molar-refractivity contribution in [1.29, 1.82) is 0 Å². The molecule has 3 heterocycles. The first-order chi connectivity index (χ1) is 16.3. The molecule has 1 aromatic heterocycles. The Hall–Kier alpha value is -3.52. The lowest BCUT2D eigenvalue weighted by atomic mass is 10.1. The van der Waals surface area contributed by atoms with E-state index >= 15 is 0 Å². The van der Waals surface area contributed by atoms with Gasteiger partial charge in [0.1, 0.15) is 0 Å². The molecule has 1 N–H and O–H groups in total. The quantitative estimate of drug-likeness (QED) is 0.464. The number of ether oxygens (including phenoxy) is 2. The molecule has 0 unspecified atom stereocenters. The molecule has 8 nitrogen and oxygen atoms in total. The van der Waals surface area contributed by atoms with Crippen LogP contribution in [0.2, 0.25) is 0 Å². The maximum atomic E-state index is 5.51. The average molecular weight is 447 g/mol. The van der Waals surface area contributed by atoms with Gasteiger partial charge in [-0.05, 0) is 34.9 Å². The fourth-order valence-electron chi connectivity index (χ4n) is 4.35. The topological polar surface area (TPSA) is 67.2 Å². The van der Waals surface area contributed by atoms with Gasteiger partial charge in [0, 0.05) is 58.7 Å². The van der Waals surface area contributed by atoms with Gasteiger partial charge in [-0.2, -0.15) is 5.10 Å². The third kappa shape index (κ3) is 5.28. The second-order valence-electron chi connectivity index (χ2n) is 8.38. The lowest BCUT2D eigenvalue weighted by Crippen LogP contribution is -2.52. The van der Waals surface area contributed by atoms with E-state index in [4.69, 9.17) is 9.47 Å². The van der Waals surface area contributed by atoms with Crippen molar-refractivity contribution in [3.05, 3.63) is 77.6 Å². The maximum absolute atomic E-state index is 5.51. The number of hydrogen-bond acceptors (Lipinski definition) is 5. The van der Waals surface area contributed by atoms with E-state index in [9.17, 15) is 0 Å². The Morgan fingerprint density at radius 3 is 2.58 bits per heavy atom. The molecule has 5 rings (SSSR count). The van der Waals surface area contributed by atoms with Crippen LogP contribution in [0.3, 0.4) is 0 Å². The van der Waals surface area contributed by atoms with E-state index in [-0.39, 0.29) is 0 Å². The van der Waals surface area contributed by atoms with Gasteiger partial charge in [0.25, 0.3) is 0 Å². The molecule has 2 aromatic carbocycles. The van der Waals surface area contributed by atoms with E-state index in [1.807, 2.05) is 36.3 Å². The molecule has 2 aliphatic rings. The highest BCUT2D eigenvalue weighted by Gasteiger charge is 2.21. The minimum absolute atomic E-state index is 0.318. The predicted octanol–water partition coefficient (Wildman–Crippen LogP) is 2.55. The van der Waals surface area contributed by atoms with Gasteiger partial charge in [-0.25, -0.2) is 0 Å². The summed E-state index contributed by atoms with van der Waals surface area (Å²) in [6, 6.07) is 16.8. The Kier molecular flexibility index (Phi) is 6.44. The summed E-state index contributed by atoms with van der Waals surface area (Å²) in [5.74, 6) is 2.64. The fourth-order valence-corrected chi connectivity index (χ4v) is 4.35. The van der Waals surface area contributed by atoms with Crippen LogP contribution in [0.4, 0.5) is 0 Å². The van der Waals surface area contributed by atoms with E-state index in [1.54, 1.807) is 0 Å². The molecule has 8 heteroatoms. The first-order valence-electron chi connectivity index (χ1n) is 11.4. The van der Waals surface area contributed by atoms with E-state index in [2.05, 4.69) is 61.6 Å². The molecule has 0 aliphatic carbocycles. The predicted molar refractivity (Wildman–Crippen MR) is 127 cm³/mol. The Labute approximate surface area is 194 Å². The molecule has 33 heavy (non-hydrogen) atoms. The molecule has 1 saturated heterocycles. The SMILES string of the molecule is CN=C(NCc1cccc(Cn2cccn2)c1)N1CCN(Cc2ccc3c(c2)OCO3)CC1. The molecule has 1 fully saturated rings. The summed E-state index contributed by atoms with van der Waals surface area (Å²) in [5.41, 5.74) is 3.73. The Balaban J connectivity index is 1.11.